The van der Waals surface area contributed by atoms with Crippen LogP contribution < -0.4 is 15.0 Å². The second-order valence-electron chi connectivity index (χ2n) is 6.68. The minimum absolute atomic E-state index is 0.377. The summed E-state index contributed by atoms with van der Waals surface area (Å²) in [5.74, 6) is -0.689. The van der Waals surface area contributed by atoms with Crippen LogP contribution >= 0.6 is 0 Å². The third-order valence-corrected chi connectivity index (χ3v) is 4.58. The van der Waals surface area contributed by atoms with Gasteiger partial charge in [-0.3, -0.25) is 14.5 Å². The average Bonchev–Trinajstić information content (AvgIpc) is 2.64. The largest absolute Gasteiger partial charge is 0.464 e. The molecule has 142 valence electrons. The monoisotopic (exact) mass is 371 g/mol. The lowest BCUT2D eigenvalue weighted by Crippen LogP contribution is -2.61. The zero-order valence-corrected chi connectivity index (χ0v) is 15.6. The van der Waals surface area contributed by atoms with Crippen molar-refractivity contribution in [2.75, 3.05) is 16.8 Å². The summed E-state index contributed by atoms with van der Waals surface area (Å²) in [4.78, 5) is 31.8. The number of ether oxygens (including phenoxy) is 1. The van der Waals surface area contributed by atoms with Gasteiger partial charge in [0.1, 0.15) is 5.82 Å². The minimum atomic E-state index is -1.75. The molecule has 6 nitrogen and oxygen atoms in total. The van der Waals surface area contributed by atoms with Gasteiger partial charge in [-0.1, -0.05) is 13.3 Å². The predicted molar refractivity (Wildman–Crippen MR) is 100 cm³/mol. The normalized spacial score (nSPS) is 18.7. The molecular formula is C20H22FN3O3. The highest BCUT2D eigenvalue weighted by Crippen LogP contribution is 2.36. The number of aromatic nitrogens is 1. The van der Waals surface area contributed by atoms with E-state index in [1.54, 1.807) is 25.3 Å². The number of nitrogens with zero attached hydrogens (tertiary/aromatic N) is 2. The van der Waals surface area contributed by atoms with Crippen molar-refractivity contribution in [3.63, 3.8) is 0 Å². The lowest BCUT2D eigenvalue weighted by Gasteiger charge is -2.38. The SMILES string of the molecule is CCCCN1C(=O)C(C)(C(=O)Nc2ccc(F)cc2C)Oc2cccnc21. The maximum atomic E-state index is 13.3. The number of anilines is 2. The summed E-state index contributed by atoms with van der Waals surface area (Å²) < 4.78 is 19.1. The van der Waals surface area contributed by atoms with Gasteiger partial charge in [-0.25, -0.2) is 9.37 Å². The van der Waals surface area contributed by atoms with Crippen LogP contribution in [0.25, 0.3) is 0 Å². The number of nitrogens with one attached hydrogen (secondary N) is 1. The summed E-state index contributed by atoms with van der Waals surface area (Å²) >= 11 is 0. The quantitative estimate of drug-likeness (QED) is 0.817. The van der Waals surface area contributed by atoms with Crippen molar-refractivity contribution in [1.82, 2.24) is 4.98 Å². The Hall–Kier alpha value is -2.96. The molecule has 0 saturated heterocycles. The van der Waals surface area contributed by atoms with Gasteiger partial charge >= 0.3 is 0 Å². The Balaban J connectivity index is 1.93. The van der Waals surface area contributed by atoms with Gasteiger partial charge in [-0.05, 0) is 56.2 Å². The van der Waals surface area contributed by atoms with Gasteiger partial charge in [0.2, 0.25) is 0 Å². The smallest absolute Gasteiger partial charge is 0.282 e. The molecule has 0 fully saturated rings. The number of rotatable bonds is 5. The van der Waals surface area contributed by atoms with E-state index in [-0.39, 0.29) is 0 Å². The van der Waals surface area contributed by atoms with Crippen molar-refractivity contribution < 1.29 is 18.7 Å². The zero-order chi connectivity index (χ0) is 19.6. The molecule has 1 atom stereocenters. The van der Waals surface area contributed by atoms with Gasteiger partial charge < -0.3 is 10.1 Å². The number of benzene rings is 1. The fourth-order valence-corrected chi connectivity index (χ4v) is 2.96. The molecule has 27 heavy (non-hydrogen) atoms. The number of pyridine rings is 1. The fraction of sp³-hybridized carbons (Fsp3) is 0.350. The van der Waals surface area contributed by atoms with E-state index in [4.69, 9.17) is 4.74 Å². The molecule has 1 unspecified atom stereocenters. The van der Waals surface area contributed by atoms with E-state index >= 15 is 0 Å². The molecule has 1 aromatic heterocycles. The highest BCUT2D eigenvalue weighted by Gasteiger charge is 2.51. The van der Waals surface area contributed by atoms with Gasteiger partial charge in [0, 0.05) is 18.4 Å². The lowest BCUT2D eigenvalue weighted by molar-refractivity contribution is -0.145. The Morgan fingerprint density at radius 2 is 2.15 bits per heavy atom. The summed E-state index contributed by atoms with van der Waals surface area (Å²) in [7, 11) is 0. The number of hydrogen-bond acceptors (Lipinski definition) is 4. The summed E-state index contributed by atoms with van der Waals surface area (Å²) in [6, 6.07) is 7.40. The van der Waals surface area contributed by atoms with Crippen molar-refractivity contribution in [1.29, 1.82) is 0 Å². The number of carbonyl (C=O) groups is 2. The van der Waals surface area contributed by atoms with Crippen molar-refractivity contribution in [3.8, 4) is 5.75 Å². The fourth-order valence-electron chi connectivity index (χ4n) is 2.96. The van der Waals surface area contributed by atoms with Crippen LogP contribution in [0.2, 0.25) is 0 Å². The van der Waals surface area contributed by atoms with Crippen LogP contribution in [-0.2, 0) is 9.59 Å². The summed E-state index contributed by atoms with van der Waals surface area (Å²) in [5.41, 5.74) is -0.763. The van der Waals surface area contributed by atoms with Crippen molar-refractivity contribution in [2.45, 2.75) is 39.2 Å². The number of amides is 2. The maximum absolute atomic E-state index is 13.3. The second-order valence-corrected chi connectivity index (χ2v) is 6.68. The Labute approximate surface area is 157 Å². The molecule has 1 aromatic carbocycles. The minimum Gasteiger partial charge on any atom is -0.464 e. The van der Waals surface area contributed by atoms with Gasteiger partial charge in [0.15, 0.2) is 11.6 Å². The highest BCUT2D eigenvalue weighted by atomic mass is 19.1. The van der Waals surface area contributed by atoms with Gasteiger partial charge in [0.05, 0.1) is 0 Å². The number of halogens is 1. The summed E-state index contributed by atoms with van der Waals surface area (Å²) in [5, 5.41) is 2.69. The van der Waals surface area contributed by atoms with Crippen LogP contribution in [0.1, 0.15) is 32.3 Å². The Bertz CT molecular complexity index is 887. The van der Waals surface area contributed by atoms with Crippen molar-refractivity contribution in [3.05, 3.63) is 47.9 Å². The third kappa shape index (κ3) is 3.49. The molecule has 0 bridgehead atoms. The van der Waals surface area contributed by atoms with Crippen molar-refractivity contribution in [2.24, 2.45) is 0 Å². The second kappa shape index (κ2) is 7.34. The zero-order valence-electron chi connectivity index (χ0n) is 15.6. The molecule has 1 aliphatic heterocycles. The molecule has 0 saturated carbocycles. The predicted octanol–water partition coefficient (Wildman–Crippen LogP) is 3.45. The number of carbonyl (C=O) groups excluding carboxylic acids is 2. The number of hydrogen-bond donors (Lipinski definition) is 1. The maximum Gasteiger partial charge on any atom is 0.282 e. The molecule has 1 aliphatic rings. The lowest BCUT2D eigenvalue weighted by atomic mass is 10.00. The molecular weight excluding hydrogens is 349 g/mol. The van der Waals surface area contributed by atoms with Crippen LogP contribution in [0.5, 0.6) is 5.75 Å². The first-order valence-corrected chi connectivity index (χ1v) is 8.90. The average molecular weight is 371 g/mol. The van der Waals surface area contributed by atoms with E-state index in [9.17, 15) is 14.0 Å². The topological polar surface area (TPSA) is 71.5 Å². The molecule has 3 rings (SSSR count). The van der Waals surface area contributed by atoms with E-state index in [0.29, 0.717) is 29.4 Å². The number of aryl methyl sites for hydroxylation is 1. The van der Waals surface area contributed by atoms with Crippen LogP contribution in [0.4, 0.5) is 15.9 Å². The first-order chi connectivity index (χ1) is 12.9. The first-order valence-electron chi connectivity index (χ1n) is 8.90. The number of fused-ring (bicyclic) bond motifs is 1. The van der Waals surface area contributed by atoms with Crippen LogP contribution in [0.15, 0.2) is 36.5 Å². The Kier molecular flexibility index (Phi) is 5.12. The number of unbranched alkanes of at least 4 members (excludes halogenated alkanes) is 1. The standard InChI is InChI=1S/C20H22FN3O3/c1-4-5-11-24-17-16(7-6-10-22-17)27-20(3,19(24)26)18(25)23-15-9-8-14(21)12-13(15)2/h6-10,12H,4-5,11H2,1-3H3,(H,23,25). The highest BCUT2D eigenvalue weighted by molar-refractivity contribution is 6.19. The molecule has 0 spiro atoms. The Morgan fingerprint density at radius 1 is 1.37 bits per heavy atom. The molecule has 2 heterocycles. The van der Waals surface area contributed by atoms with E-state index in [1.165, 1.54) is 30.0 Å². The van der Waals surface area contributed by atoms with E-state index < -0.39 is 23.2 Å². The van der Waals surface area contributed by atoms with Crippen molar-refractivity contribution >= 4 is 23.3 Å². The molecule has 2 amide bonds. The Morgan fingerprint density at radius 3 is 2.85 bits per heavy atom. The molecule has 1 N–H and O–H groups in total. The van der Waals surface area contributed by atoms with Gasteiger partial charge in [-0.2, -0.15) is 0 Å². The molecule has 0 aliphatic carbocycles. The molecule has 2 aromatic rings. The van der Waals surface area contributed by atoms with E-state index in [2.05, 4.69) is 10.3 Å². The van der Waals surface area contributed by atoms with Gasteiger partial charge in [-0.15, -0.1) is 0 Å². The van der Waals surface area contributed by atoms with Gasteiger partial charge in [0.25, 0.3) is 17.4 Å². The molecule has 7 heteroatoms. The summed E-state index contributed by atoms with van der Waals surface area (Å²) in [6.07, 6.45) is 3.25. The first kappa shape index (κ1) is 18.8. The van der Waals surface area contributed by atoms with Crippen LogP contribution in [0.3, 0.4) is 0 Å². The third-order valence-electron chi connectivity index (χ3n) is 4.58. The van der Waals surface area contributed by atoms with Crippen LogP contribution in [0, 0.1) is 12.7 Å². The van der Waals surface area contributed by atoms with E-state index in [1.807, 2.05) is 6.92 Å². The van der Waals surface area contributed by atoms with E-state index in [0.717, 1.165) is 12.8 Å². The summed E-state index contributed by atoms with van der Waals surface area (Å²) in [6.45, 7) is 5.59. The van der Waals surface area contributed by atoms with Crippen LogP contribution in [-0.4, -0.2) is 28.9 Å². The molecule has 0 radical (unpaired) electrons.